The van der Waals surface area contributed by atoms with E-state index in [1.165, 1.54) is 6.92 Å². The van der Waals surface area contributed by atoms with Gasteiger partial charge in [-0.1, -0.05) is 0 Å². The molecule has 1 heterocycles. The van der Waals surface area contributed by atoms with E-state index in [2.05, 4.69) is 15.6 Å². The molecule has 7 nitrogen and oxygen atoms in total. The van der Waals surface area contributed by atoms with E-state index in [1.54, 1.807) is 62.9 Å². The van der Waals surface area contributed by atoms with Crippen LogP contribution in [0.5, 0.6) is 11.5 Å². The summed E-state index contributed by atoms with van der Waals surface area (Å²) in [5, 5.41) is 5.99. The number of ketones is 1. The average molecular weight is 391 g/mol. The first kappa shape index (κ1) is 19.9. The number of hydrogen-bond donors (Lipinski definition) is 2. The summed E-state index contributed by atoms with van der Waals surface area (Å²) in [4.78, 5) is 28.0. The first-order valence-corrected chi connectivity index (χ1v) is 8.87. The van der Waals surface area contributed by atoms with Crippen molar-refractivity contribution in [3.8, 4) is 11.5 Å². The number of hydrogen-bond acceptors (Lipinski definition) is 6. The maximum atomic E-state index is 12.5. The van der Waals surface area contributed by atoms with Crippen molar-refractivity contribution in [2.45, 2.75) is 6.92 Å². The number of Topliss-reactive ketones (excluding diaryl/α,β-unsaturated/α-hetero) is 1. The van der Waals surface area contributed by atoms with Crippen LogP contribution in [0, 0.1) is 0 Å². The summed E-state index contributed by atoms with van der Waals surface area (Å²) < 4.78 is 10.6. The summed E-state index contributed by atoms with van der Waals surface area (Å²) in [5.41, 5.74) is 2.82. The van der Waals surface area contributed by atoms with Crippen LogP contribution >= 0.6 is 0 Å². The Labute approximate surface area is 168 Å². The molecular weight excluding hydrogens is 370 g/mol. The topological polar surface area (TPSA) is 89.5 Å². The summed E-state index contributed by atoms with van der Waals surface area (Å²) in [6.45, 7) is 1.49. The summed E-state index contributed by atoms with van der Waals surface area (Å²) in [6, 6.07) is 15.5. The molecule has 0 unspecified atom stereocenters. The lowest BCUT2D eigenvalue weighted by molar-refractivity contribution is 0.101. The molecule has 29 heavy (non-hydrogen) atoms. The van der Waals surface area contributed by atoms with Crippen molar-refractivity contribution < 1.29 is 19.1 Å². The van der Waals surface area contributed by atoms with Gasteiger partial charge in [-0.3, -0.25) is 14.6 Å². The van der Waals surface area contributed by atoms with E-state index in [4.69, 9.17) is 9.47 Å². The molecule has 0 saturated carbocycles. The minimum absolute atomic E-state index is 0.0303. The van der Waals surface area contributed by atoms with Gasteiger partial charge in [-0.05, 0) is 55.5 Å². The highest BCUT2D eigenvalue weighted by atomic mass is 16.5. The molecule has 0 saturated heterocycles. The van der Waals surface area contributed by atoms with Crippen molar-refractivity contribution in [1.82, 2.24) is 4.98 Å². The third kappa shape index (κ3) is 4.90. The van der Waals surface area contributed by atoms with Gasteiger partial charge in [0.25, 0.3) is 5.91 Å². The molecule has 1 amide bonds. The standard InChI is InChI=1S/C22H21N3O4/c1-14(26)15-4-6-16(7-5-15)25-22(27)20-12-17(10-11-23-20)24-19-9-8-18(28-2)13-21(19)29-3/h4-13H,1-3H3,(H,23,24)(H,25,27). The molecule has 0 bridgehead atoms. The van der Waals surface area contributed by atoms with Gasteiger partial charge in [-0.25, -0.2) is 0 Å². The fourth-order valence-corrected chi connectivity index (χ4v) is 2.67. The second-order valence-electron chi connectivity index (χ2n) is 6.21. The van der Waals surface area contributed by atoms with Crippen LogP contribution in [0.25, 0.3) is 0 Å². The number of methoxy groups -OCH3 is 2. The highest BCUT2D eigenvalue weighted by Gasteiger charge is 2.11. The number of rotatable bonds is 7. The number of benzene rings is 2. The van der Waals surface area contributed by atoms with E-state index in [1.807, 2.05) is 12.1 Å². The molecule has 0 spiro atoms. The second-order valence-corrected chi connectivity index (χ2v) is 6.21. The lowest BCUT2D eigenvalue weighted by Gasteiger charge is -2.13. The highest BCUT2D eigenvalue weighted by molar-refractivity contribution is 6.03. The average Bonchev–Trinajstić information content (AvgIpc) is 2.74. The zero-order valence-electron chi connectivity index (χ0n) is 16.4. The molecule has 2 aromatic carbocycles. The van der Waals surface area contributed by atoms with E-state index >= 15 is 0 Å². The molecular formula is C22H21N3O4. The molecule has 1 aromatic heterocycles. The fraction of sp³-hybridized carbons (Fsp3) is 0.136. The van der Waals surface area contributed by atoms with Gasteiger partial charge in [0.05, 0.1) is 19.9 Å². The molecule has 3 rings (SSSR count). The SMILES string of the molecule is COc1ccc(Nc2ccnc(C(=O)Nc3ccc(C(C)=O)cc3)c2)c(OC)c1. The van der Waals surface area contributed by atoms with Crippen LogP contribution in [0.4, 0.5) is 17.1 Å². The van der Waals surface area contributed by atoms with Crippen molar-refractivity contribution >= 4 is 28.8 Å². The van der Waals surface area contributed by atoms with Gasteiger partial charge in [-0.15, -0.1) is 0 Å². The zero-order valence-corrected chi connectivity index (χ0v) is 16.4. The van der Waals surface area contributed by atoms with Crippen LogP contribution in [0.1, 0.15) is 27.8 Å². The lowest BCUT2D eigenvalue weighted by atomic mass is 10.1. The minimum atomic E-state index is -0.356. The Bertz CT molecular complexity index is 1030. The summed E-state index contributed by atoms with van der Waals surface area (Å²) in [5.74, 6) is 0.902. The smallest absolute Gasteiger partial charge is 0.274 e. The third-order valence-corrected chi connectivity index (χ3v) is 4.23. The van der Waals surface area contributed by atoms with E-state index in [0.29, 0.717) is 28.4 Å². The summed E-state index contributed by atoms with van der Waals surface area (Å²) in [7, 11) is 3.16. The number of ether oxygens (including phenoxy) is 2. The van der Waals surface area contributed by atoms with Gasteiger partial charge in [0.2, 0.25) is 0 Å². The summed E-state index contributed by atoms with van der Waals surface area (Å²) >= 11 is 0. The summed E-state index contributed by atoms with van der Waals surface area (Å²) in [6.07, 6.45) is 1.55. The van der Waals surface area contributed by atoms with Gasteiger partial charge in [0.15, 0.2) is 5.78 Å². The van der Waals surface area contributed by atoms with Gasteiger partial charge in [0, 0.05) is 29.2 Å². The predicted molar refractivity (Wildman–Crippen MR) is 111 cm³/mol. The molecule has 0 aliphatic rings. The molecule has 0 atom stereocenters. The molecule has 3 aromatic rings. The van der Waals surface area contributed by atoms with Crippen molar-refractivity contribution in [2.24, 2.45) is 0 Å². The zero-order chi connectivity index (χ0) is 20.8. The quantitative estimate of drug-likeness (QED) is 0.584. The maximum absolute atomic E-state index is 12.5. The number of carbonyl (C=O) groups is 2. The maximum Gasteiger partial charge on any atom is 0.274 e. The van der Waals surface area contributed by atoms with Crippen LogP contribution in [0.15, 0.2) is 60.8 Å². The second kappa shape index (κ2) is 8.88. The Balaban J connectivity index is 1.75. The number of pyridine rings is 1. The predicted octanol–water partition coefficient (Wildman–Crippen LogP) is 4.30. The Kier molecular flexibility index (Phi) is 6.09. The normalized spacial score (nSPS) is 10.2. The molecule has 0 aliphatic heterocycles. The highest BCUT2D eigenvalue weighted by Crippen LogP contribution is 2.31. The van der Waals surface area contributed by atoms with Crippen LogP contribution in [-0.4, -0.2) is 30.9 Å². The number of aromatic nitrogens is 1. The minimum Gasteiger partial charge on any atom is -0.497 e. The van der Waals surface area contributed by atoms with E-state index < -0.39 is 0 Å². The molecule has 0 fully saturated rings. The number of amides is 1. The molecule has 148 valence electrons. The number of carbonyl (C=O) groups excluding carboxylic acids is 2. The first-order valence-electron chi connectivity index (χ1n) is 8.87. The Morgan fingerprint density at radius 2 is 1.66 bits per heavy atom. The Morgan fingerprint density at radius 3 is 2.31 bits per heavy atom. The first-order chi connectivity index (χ1) is 14.0. The molecule has 0 aliphatic carbocycles. The van der Waals surface area contributed by atoms with Gasteiger partial charge in [0.1, 0.15) is 17.2 Å². The molecule has 2 N–H and O–H groups in total. The van der Waals surface area contributed by atoms with Crippen molar-refractivity contribution in [3.63, 3.8) is 0 Å². The number of nitrogens with one attached hydrogen (secondary N) is 2. The fourth-order valence-electron chi connectivity index (χ4n) is 2.67. The Morgan fingerprint density at radius 1 is 0.897 bits per heavy atom. The van der Waals surface area contributed by atoms with Crippen molar-refractivity contribution in [3.05, 3.63) is 72.1 Å². The van der Waals surface area contributed by atoms with Crippen LogP contribution < -0.4 is 20.1 Å². The Hall–Kier alpha value is -3.87. The third-order valence-electron chi connectivity index (χ3n) is 4.23. The monoisotopic (exact) mass is 391 g/mol. The van der Waals surface area contributed by atoms with E-state index in [0.717, 1.165) is 5.69 Å². The van der Waals surface area contributed by atoms with Gasteiger partial charge >= 0.3 is 0 Å². The van der Waals surface area contributed by atoms with Crippen LogP contribution in [0.3, 0.4) is 0 Å². The van der Waals surface area contributed by atoms with Crippen LogP contribution in [-0.2, 0) is 0 Å². The molecule has 7 heteroatoms. The number of nitrogens with zero attached hydrogens (tertiary/aromatic N) is 1. The van der Waals surface area contributed by atoms with Gasteiger partial charge in [-0.2, -0.15) is 0 Å². The molecule has 0 radical (unpaired) electrons. The lowest BCUT2D eigenvalue weighted by Crippen LogP contribution is -2.14. The van der Waals surface area contributed by atoms with E-state index in [9.17, 15) is 9.59 Å². The van der Waals surface area contributed by atoms with Crippen LogP contribution in [0.2, 0.25) is 0 Å². The van der Waals surface area contributed by atoms with Crippen molar-refractivity contribution in [2.75, 3.05) is 24.9 Å². The van der Waals surface area contributed by atoms with Gasteiger partial charge < -0.3 is 20.1 Å². The number of anilines is 3. The largest absolute Gasteiger partial charge is 0.497 e. The van der Waals surface area contributed by atoms with E-state index in [-0.39, 0.29) is 17.4 Å². The van der Waals surface area contributed by atoms with Crippen molar-refractivity contribution in [1.29, 1.82) is 0 Å².